The topological polar surface area (TPSA) is 26.9 Å². The molecule has 0 amide bonds. The van der Waals surface area contributed by atoms with Crippen molar-refractivity contribution in [3.05, 3.63) is 65.0 Å². The summed E-state index contributed by atoms with van der Waals surface area (Å²) in [7, 11) is 0. The standard InChI is InChI=1S/C14H15NOS/c1-11-6-8-13(9-7-11)12(2)17-14-5-3-4-10-15(14)16/h3-10,12H,1-2H3. The summed E-state index contributed by atoms with van der Waals surface area (Å²) in [6, 6.07) is 13.9. The van der Waals surface area contributed by atoms with Gasteiger partial charge in [-0.1, -0.05) is 29.8 Å². The summed E-state index contributed by atoms with van der Waals surface area (Å²) in [5.41, 5.74) is 2.49. The summed E-state index contributed by atoms with van der Waals surface area (Å²) in [4.78, 5) is 0. The SMILES string of the molecule is Cc1ccc(C(C)Sc2cccc[n+]2[O-])cc1. The van der Waals surface area contributed by atoms with Gasteiger partial charge in [-0.15, -0.1) is 0 Å². The predicted octanol–water partition coefficient (Wildman–Crippen LogP) is 3.48. The zero-order valence-electron chi connectivity index (χ0n) is 9.96. The summed E-state index contributed by atoms with van der Waals surface area (Å²) < 4.78 is 0.912. The molecular formula is C14H15NOS. The molecule has 0 saturated heterocycles. The lowest BCUT2D eigenvalue weighted by Crippen LogP contribution is -2.27. The van der Waals surface area contributed by atoms with Crippen molar-refractivity contribution in [2.45, 2.75) is 24.1 Å². The first-order valence-electron chi connectivity index (χ1n) is 5.58. The number of aromatic nitrogens is 1. The Balaban J connectivity index is 2.14. The largest absolute Gasteiger partial charge is 0.618 e. The van der Waals surface area contributed by atoms with Gasteiger partial charge in [0.2, 0.25) is 0 Å². The Morgan fingerprint density at radius 1 is 1.12 bits per heavy atom. The first kappa shape index (κ1) is 12.0. The maximum Gasteiger partial charge on any atom is 0.251 e. The van der Waals surface area contributed by atoms with Crippen LogP contribution in [-0.4, -0.2) is 0 Å². The van der Waals surface area contributed by atoms with Gasteiger partial charge in [0.15, 0.2) is 6.20 Å². The molecule has 0 aliphatic heterocycles. The number of thioether (sulfide) groups is 1. The third-order valence-corrected chi connectivity index (χ3v) is 3.82. The van der Waals surface area contributed by atoms with Crippen LogP contribution in [0.15, 0.2) is 53.7 Å². The minimum absolute atomic E-state index is 0.276. The summed E-state index contributed by atoms with van der Waals surface area (Å²) in [5, 5.41) is 12.5. The number of hydrogen-bond acceptors (Lipinski definition) is 2. The molecule has 1 unspecified atom stereocenters. The van der Waals surface area contributed by atoms with Gasteiger partial charge >= 0.3 is 0 Å². The predicted molar refractivity (Wildman–Crippen MR) is 70.9 cm³/mol. The van der Waals surface area contributed by atoms with E-state index in [0.717, 1.165) is 9.76 Å². The van der Waals surface area contributed by atoms with Crippen molar-refractivity contribution in [2.24, 2.45) is 0 Å². The molecule has 3 heteroatoms. The summed E-state index contributed by atoms with van der Waals surface area (Å²) in [6.07, 6.45) is 1.53. The van der Waals surface area contributed by atoms with E-state index in [-0.39, 0.29) is 5.25 Å². The molecule has 1 aromatic carbocycles. The van der Waals surface area contributed by atoms with Crippen molar-refractivity contribution in [3.63, 3.8) is 0 Å². The quantitative estimate of drug-likeness (QED) is 0.470. The number of aryl methyl sites for hydroxylation is 1. The minimum atomic E-state index is 0.276. The van der Waals surface area contributed by atoms with Crippen LogP contribution >= 0.6 is 11.8 Å². The Labute approximate surface area is 106 Å². The lowest BCUT2D eigenvalue weighted by molar-refractivity contribution is -0.645. The van der Waals surface area contributed by atoms with E-state index in [1.807, 2.05) is 12.1 Å². The fourth-order valence-corrected chi connectivity index (χ4v) is 2.57. The highest BCUT2D eigenvalue weighted by molar-refractivity contribution is 7.99. The lowest BCUT2D eigenvalue weighted by atomic mass is 10.1. The van der Waals surface area contributed by atoms with Crippen molar-refractivity contribution in [3.8, 4) is 0 Å². The van der Waals surface area contributed by atoms with E-state index in [4.69, 9.17) is 0 Å². The van der Waals surface area contributed by atoms with Crippen LogP contribution in [0.4, 0.5) is 0 Å². The van der Waals surface area contributed by atoms with E-state index in [1.165, 1.54) is 17.3 Å². The normalized spacial score (nSPS) is 12.4. The van der Waals surface area contributed by atoms with Gasteiger partial charge in [0.1, 0.15) is 0 Å². The summed E-state index contributed by atoms with van der Waals surface area (Å²) in [5.74, 6) is 0. The van der Waals surface area contributed by atoms with Crippen molar-refractivity contribution in [2.75, 3.05) is 0 Å². The zero-order valence-corrected chi connectivity index (χ0v) is 10.8. The van der Waals surface area contributed by atoms with Gasteiger partial charge in [0.05, 0.1) is 0 Å². The second kappa shape index (κ2) is 5.23. The average Bonchev–Trinajstić information content (AvgIpc) is 2.33. The van der Waals surface area contributed by atoms with Gasteiger partial charge in [0.25, 0.3) is 5.03 Å². The van der Waals surface area contributed by atoms with Crippen LogP contribution < -0.4 is 4.73 Å². The number of nitrogens with zero attached hydrogens (tertiary/aromatic N) is 1. The summed E-state index contributed by atoms with van der Waals surface area (Å²) in [6.45, 7) is 4.19. The first-order valence-corrected chi connectivity index (χ1v) is 6.46. The zero-order chi connectivity index (χ0) is 12.3. The van der Waals surface area contributed by atoms with E-state index < -0.39 is 0 Å². The fourth-order valence-electron chi connectivity index (χ4n) is 1.59. The monoisotopic (exact) mass is 245 g/mol. The third kappa shape index (κ3) is 3.01. The Morgan fingerprint density at radius 2 is 1.82 bits per heavy atom. The molecule has 0 N–H and O–H groups in total. The summed E-state index contributed by atoms with van der Waals surface area (Å²) >= 11 is 1.58. The van der Waals surface area contributed by atoms with Crippen LogP contribution in [0.3, 0.4) is 0 Å². The van der Waals surface area contributed by atoms with E-state index in [2.05, 4.69) is 38.1 Å². The van der Waals surface area contributed by atoms with Crippen LogP contribution in [-0.2, 0) is 0 Å². The molecular weight excluding hydrogens is 230 g/mol. The molecule has 0 fully saturated rings. The lowest BCUT2D eigenvalue weighted by Gasteiger charge is -2.11. The van der Waals surface area contributed by atoms with Gasteiger partial charge < -0.3 is 5.21 Å². The minimum Gasteiger partial charge on any atom is -0.618 e. The molecule has 1 heterocycles. The number of benzene rings is 1. The third-order valence-electron chi connectivity index (χ3n) is 2.63. The molecule has 0 radical (unpaired) electrons. The van der Waals surface area contributed by atoms with Crippen molar-refractivity contribution in [1.29, 1.82) is 0 Å². The molecule has 2 aromatic rings. The molecule has 0 saturated carbocycles. The van der Waals surface area contributed by atoms with Crippen LogP contribution in [0.25, 0.3) is 0 Å². The highest BCUT2D eigenvalue weighted by Crippen LogP contribution is 2.32. The van der Waals surface area contributed by atoms with Gasteiger partial charge in [-0.25, -0.2) is 0 Å². The highest BCUT2D eigenvalue weighted by atomic mass is 32.2. The van der Waals surface area contributed by atoms with Crippen LogP contribution in [0.2, 0.25) is 0 Å². The number of hydrogen-bond donors (Lipinski definition) is 0. The Bertz CT molecular complexity index is 496. The van der Waals surface area contributed by atoms with E-state index in [9.17, 15) is 5.21 Å². The fraction of sp³-hybridized carbons (Fsp3) is 0.214. The molecule has 0 bridgehead atoms. The molecule has 2 rings (SSSR count). The first-order chi connectivity index (χ1) is 8.16. The Morgan fingerprint density at radius 3 is 2.47 bits per heavy atom. The maximum atomic E-state index is 11.5. The highest BCUT2D eigenvalue weighted by Gasteiger charge is 2.12. The molecule has 1 aromatic heterocycles. The van der Waals surface area contributed by atoms with Gasteiger partial charge in [-0.2, -0.15) is 4.73 Å². The van der Waals surface area contributed by atoms with E-state index >= 15 is 0 Å². The van der Waals surface area contributed by atoms with E-state index in [0.29, 0.717) is 0 Å². The molecule has 0 aliphatic rings. The van der Waals surface area contributed by atoms with Gasteiger partial charge in [-0.3, -0.25) is 0 Å². The van der Waals surface area contributed by atoms with Crippen molar-refractivity contribution >= 4 is 11.8 Å². The number of pyridine rings is 1. The van der Waals surface area contributed by atoms with Gasteiger partial charge in [0, 0.05) is 17.4 Å². The molecule has 0 aliphatic carbocycles. The maximum absolute atomic E-state index is 11.5. The van der Waals surface area contributed by atoms with Crippen LogP contribution in [0.5, 0.6) is 0 Å². The second-order valence-corrected chi connectivity index (χ2v) is 5.40. The molecule has 1 atom stereocenters. The molecule has 88 valence electrons. The van der Waals surface area contributed by atoms with E-state index in [1.54, 1.807) is 17.8 Å². The molecule has 17 heavy (non-hydrogen) atoms. The average molecular weight is 245 g/mol. The smallest absolute Gasteiger partial charge is 0.251 e. The van der Waals surface area contributed by atoms with Crippen LogP contribution in [0, 0.1) is 12.1 Å². The van der Waals surface area contributed by atoms with Crippen molar-refractivity contribution < 1.29 is 4.73 Å². The van der Waals surface area contributed by atoms with Crippen molar-refractivity contribution in [1.82, 2.24) is 0 Å². The molecule has 0 spiro atoms. The Hall–Kier alpha value is -1.48. The van der Waals surface area contributed by atoms with Crippen LogP contribution in [0.1, 0.15) is 23.3 Å². The number of rotatable bonds is 3. The Kier molecular flexibility index (Phi) is 3.69. The van der Waals surface area contributed by atoms with Gasteiger partial charge in [-0.05, 0) is 37.2 Å². The molecule has 2 nitrogen and oxygen atoms in total. The second-order valence-electron chi connectivity index (χ2n) is 4.04.